The van der Waals surface area contributed by atoms with Gasteiger partial charge in [0.2, 0.25) is 0 Å². The summed E-state index contributed by atoms with van der Waals surface area (Å²) < 4.78 is 36.1. The van der Waals surface area contributed by atoms with E-state index in [1.807, 2.05) is 54.2 Å². The number of nitrogens with one attached hydrogen (secondary N) is 2. The van der Waals surface area contributed by atoms with Crippen LogP contribution < -0.4 is 9.47 Å². The number of aldehydes is 2. The van der Waals surface area contributed by atoms with Crippen molar-refractivity contribution < 1.29 is 37.7 Å². The Labute approximate surface area is 373 Å². The van der Waals surface area contributed by atoms with Gasteiger partial charge < -0.3 is 34.6 Å². The molecule has 0 amide bonds. The van der Waals surface area contributed by atoms with Gasteiger partial charge >= 0.3 is 5.97 Å². The second-order valence-electron chi connectivity index (χ2n) is 14.3. The van der Waals surface area contributed by atoms with Gasteiger partial charge in [-0.25, -0.2) is 9.18 Å². The smallest absolute Gasteiger partial charge is 0.333 e. The van der Waals surface area contributed by atoms with Crippen LogP contribution in [0.25, 0.3) is 22.3 Å². The number of unbranched alkanes of at least 4 members (excludes halogenated alkanes) is 1. The van der Waals surface area contributed by atoms with Crippen LogP contribution in [-0.4, -0.2) is 70.3 Å². The summed E-state index contributed by atoms with van der Waals surface area (Å²) in [5, 5.41) is 14.0. The normalized spacial score (nSPS) is 9.94. The highest BCUT2D eigenvalue weighted by molar-refractivity contribution is 7.99. The van der Waals surface area contributed by atoms with Crippen LogP contribution >= 0.6 is 11.8 Å². The summed E-state index contributed by atoms with van der Waals surface area (Å²) >= 11 is 1.91. The number of aryl methyl sites for hydroxylation is 2. The van der Waals surface area contributed by atoms with Gasteiger partial charge in [0.25, 0.3) is 0 Å². The first-order chi connectivity index (χ1) is 29.7. The molecule has 0 aliphatic heterocycles. The molecular weight excluding hydrogens is 804 g/mol. The molecule has 4 aromatic carbocycles. The summed E-state index contributed by atoms with van der Waals surface area (Å²) in [6, 6.07) is 25.2. The minimum absolute atomic E-state index is 0.263. The van der Waals surface area contributed by atoms with Crippen molar-refractivity contribution in [2.45, 2.75) is 84.5 Å². The number of benzene rings is 4. The molecule has 0 aromatic heterocycles. The maximum Gasteiger partial charge on any atom is 0.333 e. The average molecular weight is 869 g/mol. The summed E-state index contributed by atoms with van der Waals surface area (Å²) in [5.41, 5.74) is 7.61. The molecule has 0 saturated heterocycles. The lowest BCUT2D eigenvalue weighted by atomic mass is 9.98. The summed E-state index contributed by atoms with van der Waals surface area (Å²) in [4.78, 5) is 32.9. The second kappa shape index (κ2) is 32.1. The highest BCUT2D eigenvalue weighted by Crippen LogP contribution is 2.31. The fourth-order valence-electron chi connectivity index (χ4n) is 5.30. The standard InChI is InChI=1S/C26H31FO5.C18H21NOS.C4H6O.C3H7N/c1-19(2)26(29)32-15-5-8-22-18-21(10-12-25(22)31-16-6-14-30-3)23-11-9-20(7-4-13-28)17-24(23)27;1-3-4-11-21-17-8-5-14(6-9-17)15-7-10-18(20-2)16(12-15)13-19;1-4(2)3-5;1-3(2)4/h9-13,17-18H,1,4-8,14-16H2,2-3H3;5-10,12-13,19H,3-4,11H2,1-2H3;3H,1H2,2H3;4H,1-2H3. The predicted octanol–water partition coefficient (Wildman–Crippen LogP) is 12.2. The first-order valence-corrected chi connectivity index (χ1v) is 21.6. The molecule has 4 aromatic rings. The van der Waals surface area contributed by atoms with Crippen LogP contribution in [0.15, 0.2) is 108 Å². The second-order valence-corrected chi connectivity index (χ2v) is 15.5. The van der Waals surface area contributed by atoms with Crippen molar-refractivity contribution in [3.8, 4) is 33.8 Å². The Balaban J connectivity index is 0.000000545. The van der Waals surface area contributed by atoms with Crippen LogP contribution in [-0.2, 0) is 36.7 Å². The molecule has 4 rings (SSSR count). The first kappa shape index (κ1) is 54.4. The van der Waals surface area contributed by atoms with Crippen molar-refractivity contribution >= 4 is 42.2 Å². The fourth-order valence-corrected chi connectivity index (χ4v) is 6.29. The Hall–Kier alpha value is -5.65. The molecule has 0 spiro atoms. The first-order valence-electron chi connectivity index (χ1n) is 20.6. The van der Waals surface area contributed by atoms with E-state index in [0.717, 1.165) is 58.3 Å². The van der Waals surface area contributed by atoms with E-state index in [2.05, 4.69) is 44.3 Å². The lowest BCUT2D eigenvalue weighted by Gasteiger charge is -2.14. The van der Waals surface area contributed by atoms with Gasteiger partial charge in [-0.3, -0.25) is 4.79 Å². The van der Waals surface area contributed by atoms with Crippen molar-refractivity contribution in [3.05, 3.63) is 126 Å². The number of carbonyl (C=O) groups is 3. The van der Waals surface area contributed by atoms with Gasteiger partial charge in [-0.1, -0.05) is 62.9 Å². The van der Waals surface area contributed by atoms with Crippen LogP contribution in [0.1, 0.15) is 83.4 Å². The van der Waals surface area contributed by atoms with Gasteiger partial charge in [0, 0.05) is 60.1 Å². The van der Waals surface area contributed by atoms with E-state index >= 15 is 0 Å². The Morgan fingerprint density at radius 1 is 0.790 bits per heavy atom. The Kier molecular flexibility index (Phi) is 28.2. The largest absolute Gasteiger partial charge is 0.496 e. The van der Waals surface area contributed by atoms with Gasteiger partial charge in [0.05, 0.1) is 20.3 Å². The van der Waals surface area contributed by atoms with Crippen molar-refractivity contribution in [2.75, 3.05) is 39.8 Å². The molecule has 334 valence electrons. The van der Waals surface area contributed by atoms with E-state index in [9.17, 15) is 18.8 Å². The maximum atomic E-state index is 14.8. The molecule has 0 unspecified atom stereocenters. The monoisotopic (exact) mass is 868 g/mol. The van der Waals surface area contributed by atoms with Crippen LogP contribution in [0.3, 0.4) is 0 Å². The van der Waals surface area contributed by atoms with Crippen molar-refractivity contribution in [1.82, 2.24) is 0 Å². The highest BCUT2D eigenvalue weighted by Gasteiger charge is 2.12. The van der Waals surface area contributed by atoms with Crippen molar-refractivity contribution in [3.63, 3.8) is 0 Å². The van der Waals surface area contributed by atoms with Gasteiger partial charge in [-0.15, -0.1) is 11.8 Å². The third-order valence-electron chi connectivity index (χ3n) is 8.42. The number of carbonyl (C=O) groups excluding carboxylic acids is 3. The number of hydrogen-bond acceptors (Lipinski definition) is 10. The molecule has 2 N–H and O–H groups in total. The minimum Gasteiger partial charge on any atom is -0.496 e. The van der Waals surface area contributed by atoms with Gasteiger partial charge in [-0.2, -0.15) is 0 Å². The SMILES string of the molecule is C=C(C)C(=O)OCCCc1cc(-c2ccc(CCC=O)cc2F)ccc1OCCCOC.C=C(C)C=O.CC(C)=N.CCCCSc1ccc(-c2ccc(OC)c(C=N)c2)cc1. The minimum atomic E-state index is -0.411. The van der Waals surface area contributed by atoms with E-state index in [-0.39, 0.29) is 12.4 Å². The number of ether oxygens (including phenoxy) is 4. The van der Waals surface area contributed by atoms with Crippen molar-refractivity contribution in [1.29, 1.82) is 10.8 Å². The molecule has 0 heterocycles. The molecule has 0 bridgehead atoms. The van der Waals surface area contributed by atoms with Gasteiger partial charge in [-0.05, 0) is 135 Å². The zero-order chi connectivity index (χ0) is 46.3. The van der Waals surface area contributed by atoms with E-state index in [4.69, 9.17) is 29.8 Å². The van der Waals surface area contributed by atoms with E-state index in [1.165, 1.54) is 41.3 Å². The quantitative estimate of drug-likeness (QED) is 0.0199. The molecular formula is C51H65FN2O7S. The number of rotatable bonds is 22. The van der Waals surface area contributed by atoms with E-state index in [0.29, 0.717) is 61.3 Å². The molecule has 0 saturated carbocycles. The number of esters is 1. The highest BCUT2D eigenvalue weighted by atomic mass is 32.2. The topological polar surface area (TPSA) is 136 Å². The number of hydrogen-bond donors (Lipinski definition) is 2. The zero-order valence-electron chi connectivity index (χ0n) is 37.6. The summed E-state index contributed by atoms with van der Waals surface area (Å²) in [6.45, 7) is 17.2. The van der Waals surface area contributed by atoms with E-state index < -0.39 is 5.97 Å². The molecule has 11 heteroatoms. The lowest BCUT2D eigenvalue weighted by Crippen LogP contribution is -2.08. The molecule has 0 atom stereocenters. The van der Waals surface area contributed by atoms with Crippen LogP contribution in [0, 0.1) is 16.6 Å². The molecule has 0 aliphatic carbocycles. The third kappa shape index (κ3) is 22.3. The Bertz CT molecular complexity index is 2030. The molecule has 0 fully saturated rings. The predicted molar refractivity (Wildman–Crippen MR) is 254 cm³/mol. The van der Waals surface area contributed by atoms with Gasteiger partial charge in [0.15, 0.2) is 0 Å². The average Bonchev–Trinajstić information content (AvgIpc) is 3.26. The number of allylic oxidation sites excluding steroid dienone is 1. The zero-order valence-corrected chi connectivity index (χ0v) is 38.4. The van der Waals surface area contributed by atoms with Crippen LogP contribution in [0.5, 0.6) is 11.5 Å². The van der Waals surface area contributed by atoms with Crippen LogP contribution in [0.2, 0.25) is 0 Å². The molecule has 0 aliphatic rings. The molecule has 9 nitrogen and oxygen atoms in total. The van der Waals surface area contributed by atoms with Crippen molar-refractivity contribution in [2.24, 2.45) is 0 Å². The number of halogens is 1. The number of thioether (sulfide) groups is 1. The summed E-state index contributed by atoms with van der Waals surface area (Å²) in [5.74, 6) is 1.89. The fraction of sp³-hybridized carbons (Fsp3) is 0.353. The summed E-state index contributed by atoms with van der Waals surface area (Å²) in [6.07, 6.45) is 8.23. The summed E-state index contributed by atoms with van der Waals surface area (Å²) in [7, 11) is 3.27. The number of methoxy groups -OCH3 is 2. The third-order valence-corrected chi connectivity index (χ3v) is 9.52. The van der Waals surface area contributed by atoms with Gasteiger partial charge in [0.1, 0.15) is 29.9 Å². The maximum absolute atomic E-state index is 14.8. The molecule has 0 radical (unpaired) electrons. The van der Waals surface area contributed by atoms with E-state index in [1.54, 1.807) is 48.0 Å². The lowest BCUT2D eigenvalue weighted by molar-refractivity contribution is -0.139. The molecule has 62 heavy (non-hydrogen) atoms. The van der Waals surface area contributed by atoms with Crippen LogP contribution in [0.4, 0.5) is 4.39 Å². The Morgan fingerprint density at radius 2 is 1.44 bits per heavy atom. The Morgan fingerprint density at radius 3 is 2.00 bits per heavy atom.